The van der Waals surface area contributed by atoms with Crippen molar-refractivity contribution < 1.29 is 28.6 Å². The van der Waals surface area contributed by atoms with Gasteiger partial charge in [0.15, 0.2) is 0 Å². The van der Waals surface area contributed by atoms with E-state index in [1.165, 1.54) is 19.3 Å². The second kappa shape index (κ2) is 11.3. The van der Waals surface area contributed by atoms with Crippen molar-refractivity contribution in [3.05, 3.63) is 25.3 Å². The molecule has 0 aromatic rings. The lowest BCUT2D eigenvalue weighted by molar-refractivity contribution is -0.141. The molecule has 0 aliphatic rings. The Morgan fingerprint density at radius 2 is 1.67 bits per heavy atom. The molecule has 8 nitrogen and oxygen atoms in total. The third-order valence-corrected chi connectivity index (χ3v) is 2.12. The minimum atomic E-state index is -0.731. The van der Waals surface area contributed by atoms with Gasteiger partial charge in [0.05, 0.1) is 19.6 Å². The molecule has 0 aliphatic heterocycles. The number of rotatable bonds is 9. The molecular weight excluding hydrogens is 280 g/mol. The number of alkyl carbamates (subject to hydrolysis) is 2. The number of amides is 2. The van der Waals surface area contributed by atoms with Crippen molar-refractivity contribution in [1.29, 1.82) is 0 Å². The van der Waals surface area contributed by atoms with Gasteiger partial charge in [-0.3, -0.25) is 4.79 Å². The molecule has 21 heavy (non-hydrogen) atoms. The Balaban J connectivity index is 4.34. The fourth-order valence-corrected chi connectivity index (χ4v) is 1.19. The maximum atomic E-state index is 11.4. The molecule has 0 saturated heterocycles. The number of carbonyl (C=O) groups is 3. The summed E-state index contributed by atoms with van der Waals surface area (Å²) in [4.78, 5) is 33.9. The van der Waals surface area contributed by atoms with E-state index < -0.39 is 24.2 Å². The smallest absolute Gasteiger partial charge is 0.407 e. The van der Waals surface area contributed by atoms with Crippen molar-refractivity contribution >= 4 is 18.2 Å². The third-order valence-electron chi connectivity index (χ3n) is 2.12. The normalized spacial score (nSPS) is 10.7. The predicted molar refractivity (Wildman–Crippen MR) is 74.6 cm³/mol. The highest BCUT2D eigenvalue weighted by molar-refractivity contribution is 5.73. The molecule has 0 radical (unpaired) electrons. The first kappa shape index (κ1) is 18.5. The van der Waals surface area contributed by atoms with Crippen LogP contribution in [-0.2, 0) is 19.0 Å². The van der Waals surface area contributed by atoms with Crippen LogP contribution in [0.1, 0.15) is 6.42 Å². The molecule has 2 amide bonds. The van der Waals surface area contributed by atoms with Gasteiger partial charge in [-0.05, 0) is 0 Å². The number of carbonyl (C=O) groups excluding carboxylic acids is 3. The van der Waals surface area contributed by atoms with E-state index in [-0.39, 0.29) is 26.2 Å². The summed E-state index contributed by atoms with van der Waals surface area (Å²) in [6, 6.07) is -0.689. The first-order chi connectivity index (χ1) is 10.0. The highest BCUT2D eigenvalue weighted by Crippen LogP contribution is 1.95. The van der Waals surface area contributed by atoms with Crippen LogP contribution in [0.4, 0.5) is 9.59 Å². The predicted octanol–water partition coefficient (Wildman–Crippen LogP) is 0.743. The Morgan fingerprint density at radius 1 is 1.10 bits per heavy atom. The van der Waals surface area contributed by atoms with Gasteiger partial charge < -0.3 is 24.8 Å². The lowest BCUT2D eigenvalue weighted by Crippen LogP contribution is -2.45. The summed E-state index contributed by atoms with van der Waals surface area (Å²) in [5.74, 6) is -0.537. The first-order valence-corrected chi connectivity index (χ1v) is 6.16. The number of nitrogens with one attached hydrogen (secondary N) is 2. The van der Waals surface area contributed by atoms with Gasteiger partial charge in [0.1, 0.15) is 13.2 Å². The SMILES string of the molecule is C=CCOC(=O)NCC(CC(=O)OC)NC(=O)OCC=C. The summed E-state index contributed by atoms with van der Waals surface area (Å²) in [5, 5.41) is 4.83. The van der Waals surface area contributed by atoms with Crippen molar-refractivity contribution in [2.75, 3.05) is 26.9 Å². The third kappa shape index (κ3) is 10.00. The van der Waals surface area contributed by atoms with Gasteiger partial charge in [0, 0.05) is 6.54 Å². The van der Waals surface area contributed by atoms with E-state index >= 15 is 0 Å². The Labute approximate surface area is 123 Å². The summed E-state index contributed by atoms with van der Waals surface area (Å²) in [7, 11) is 1.22. The van der Waals surface area contributed by atoms with E-state index in [9.17, 15) is 14.4 Å². The van der Waals surface area contributed by atoms with Crippen molar-refractivity contribution in [3.63, 3.8) is 0 Å². The number of hydrogen-bond donors (Lipinski definition) is 2. The van der Waals surface area contributed by atoms with E-state index in [4.69, 9.17) is 9.47 Å². The average molecular weight is 300 g/mol. The zero-order chi connectivity index (χ0) is 16.1. The van der Waals surface area contributed by atoms with E-state index in [1.807, 2.05) is 0 Å². The number of ether oxygens (including phenoxy) is 3. The van der Waals surface area contributed by atoms with Crippen LogP contribution in [0.2, 0.25) is 0 Å². The quantitative estimate of drug-likeness (QED) is 0.370. The highest BCUT2D eigenvalue weighted by atomic mass is 16.6. The molecule has 0 aromatic heterocycles. The van der Waals surface area contributed by atoms with Crippen LogP contribution >= 0.6 is 0 Å². The van der Waals surface area contributed by atoms with Crippen LogP contribution in [0, 0.1) is 0 Å². The molecule has 0 heterocycles. The van der Waals surface area contributed by atoms with Gasteiger partial charge in [-0.1, -0.05) is 25.3 Å². The monoisotopic (exact) mass is 300 g/mol. The van der Waals surface area contributed by atoms with Gasteiger partial charge in [-0.15, -0.1) is 0 Å². The zero-order valence-electron chi connectivity index (χ0n) is 11.9. The van der Waals surface area contributed by atoms with Gasteiger partial charge in [-0.25, -0.2) is 9.59 Å². The lowest BCUT2D eigenvalue weighted by Gasteiger charge is -2.17. The van der Waals surface area contributed by atoms with Crippen LogP contribution in [0.25, 0.3) is 0 Å². The van der Waals surface area contributed by atoms with Crippen molar-refractivity contribution in [1.82, 2.24) is 10.6 Å². The van der Waals surface area contributed by atoms with Gasteiger partial charge in [0.2, 0.25) is 0 Å². The summed E-state index contributed by atoms with van der Waals surface area (Å²) in [5.41, 5.74) is 0. The number of hydrogen-bond acceptors (Lipinski definition) is 6. The maximum Gasteiger partial charge on any atom is 0.407 e. The zero-order valence-corrected chi connectivity index (χ0v) is 11.9. The summed E-state index contributed by atoms with van der Waals surface area (Å²) < 4.78 is 13.9. The van der Waals surface area contributed by atoms with Gasteiger partial charge >= 0.3 is 18.2 Å². The van der Waals surface area contributed by atoms with E-state index in [2.05, 4.69) is 28.5 Å². The molecule has 1 atom stereocenters. The average Bonchev–Trinajstić information content (AvgIpc) is 2.48. The Bertz CT molecular complexity index is 383. The lowest BCUT2D eigenvalue weighted by atomic mass is 10.2. The minimum Gasteiger partial charge on any atom is -0.469 e. The Morgan fingerprint density at radius 3 is 2.19 bits per heavy atom. The topological polar surface area (TPSA) is 103 Å². The minimum absolute atomic E-state index is 0.0196. The molecule has 0 saturated carbocycles. The van der Waals surface area contributed by atoms with Crippen molar-refractivity contribution in [2.24, 2.45) is 0 Å². The molecule has 2 N–H and O–H groups in total. The van der Waals surface area contributed by atoms with Gasteiger partial charge in [-0.2, -0.15) is 0 Å². The number of esters is 1. The fraction of sp³-hybridized carbons (Fsp3) is 0.462. The second-order valence-electron chi connectivity index (χ2n) is 3.78. The summed E-state index contributed by atoms with van der Waals surface area (Å²) in [6.45, 7) is 6.87. The molecule has 0 spiro atoms. The van der Waals surface area contributed by atoms with Crippen LogP contribution in [0.3, 0.4) is 0 Å². The van der Waals surface area contributed by atoms with Crippen LogP contribution in [0.5, 0.6) is 0 Å². The highest BCUT2D eigenvalue weighted by Gasteiger charge is 2.18. The Hall–Kier alpha value is -2.51. The maximum absolute atomic E-state index is 11.4. The van der Waals surface area contributed by atoms with E-state index in [0.29, 0.717) is 0 Å². The second-order valence-corrected chi connectivity index (χ2v) is 3.78. The standard InChI is InChI=1S/C13H20N2O6/c1-4-6-20-12(17)14-9-10(8-11(16)19-3)15-13(18)21-7-5-2/h4-5,10H,1-2,6-9H2,3H3,(H,14,17)(H,15,18). The molecular formula is C13H20N2O6. The van der Waals surface area contributed by atoms with Gasteiger partial charge in [0.25, 0.3) is 0 Å². The Kier molecular flexibility index (Phi) is 9.97. The van der Waals surface area contributed by atoms with Crippen molar-refractivity contribution in [3.8, 4) is 0 Å². The summed E-state index contributed by atoms with van der Waals surface area (Å²) in [6.07, 6.45) is 1.27. The first-order valence-electron chi connectivity index (χ1n) is 6.16. The van der Waals surface area contributed by atoms with Crippen LogP contribution in [0.15, 0.2) is 25.3 Å². The molecule has 118 valence electrons. The molecule has 8 heteroatoms. The molecule has 0 fully saturated rings. The largest absolute Gasteiger partial charge is 0.469 e. The molecule has 1 unspecified atom stereocenters. The molecule has 0 aliphatic carbocycles. The van der Waals surface area contributed by atoms with E-state index in [1.54, 1.807) is 0 Å². The molecule has 0 aromatic carbocycles. The summed E-state index contributed by atoms with van der Waals surface area (Å²) >= 11 is 0. The molecule has 0 bridgehead atoms. The van der Waals surface area contributed by atoms with Crippen LogP contribution in [-0.4, -0.2) is 51.1 Å². The van der Waals surface area contributed by atoms with Crippen LogP contribution < -0.4 is 10.6 Å². The fourth-order valence-electron chi connectivity index (χ4n) is 1.19. The van der Waals surface area contributed by atoms with E-state index in [0.717, 1.165) is 0 Å². The number of methoxy groups -OCH3 is 1. The van der Waals surface area contributed by atoms with Crippen molar-refractivity contribution in [2.45, 2.75) is 12.5 Å². The molecule has 0 rings (SSSR count).